The lowest BCUT2D eigenvalue weighted by atomic mass is 9.81. The van der Waals surface area contributed by atoms with E-state index in [0.717, 1.165) is 36.0 Å². The summed E-state index contributed by atoms with van der Waals surface area (Å²) >= 11 is 1.09. The van der Waals surface area contributed by atoms with Crippen molar-refractivity contribution >= 4 is 23.6 Å². The van der Waals surface area contributed by atoms with Crippen molar-refractivity contribution < 1.29 is 54.9 Å². The number of carboxylic acids is 1. The van der Waals surface area contributed by atoms with Gasteiger partial charge in [0.15, 0.2) is 0 Å². The number of amides is 1. The molecule has 2 aromatic rings. The summed E-state index contributed by atoms with van der Waals surface area (Å²) in [7, 11) is 0. The number of aliphatic hydroxyl groups excluding tert-OH is 1. The third-order valence-electron chi connectivity index (χ3n) is 8.07. The zero-order valence-corrected chi connectivity index (χ0v) is 22.7. The lowest BCUT2D eigenvalue weighted by Gasteiger charge is -2.33. The Labute approximate surface area is 239 Å². The number of thioether (sulfide) groups is 1. The molecule has 1 heterocycles. The van der Waals surface area contributed by atoms with Gasteiger partial charge in [-0.25, -0.2) is 8.78 Å². The minimum atomic E-state index is -6.29. The molecule has 1 amide bonds. The van der Waals surface area contributed by atoms with Crippen LogP contribution in [0.4, 0.5) is 35.1 Å². The van der Waals surface area contributed by atoms with Crippen LogP contribution in [0.15, 0.2) is 53.4 Å². The highest BCUT2D eigenvalue weighted by Gasteiger charge is 2.73. The van der Waals surface area contributed by atoms with Crippen molar-refractivity contribution in [1.82, 2.24) is 4.90 Å². The first-order chi connectivity index (χ1) is 19.5. The molecule has 0 aromatic heterocycles. The first kappa shape index (κ1) is 32.1. The molecule has 5 nitrogen and oxygen atoms in total. The van der Waals surface area contributed by atoms with E-state index in [-0.39, 0.29) is 37.3 Å². The number of carbonyl (C=O) groups is 2. The first-order valence-corrected chi connectivity index (χ1v) is 13.9. The van der Waals surface area contributed by atoms with Crippen molar-refractivity contribution in [1.29, 1.82) is 0 Å². The Balaban J connectivity index is 1.71. The van der Waals surface area contributed by atoms with Crippen LogP contribution >= 0.6 is 11.8 Å². The lowest BCUT2D eigenvalue weighted by molar-refractivity contribution is -0.348. The van der Waals surface area contributed by atoms with Crippen molar-refractivity contribution in [2.75, 3.05) is 13.2 Å². The number of hydrogen-bond donors (Lipinski definition) is 2. The summed E-state index contributed by atoms with van der Waals surface area (Å²) in [6.07, 6.45) is -11.4. The molecule has 2 unspecified atom stereocenters. The first-order valence-electron chi connectivity index (χ1n) is 13.0. The molecule has 14 heteroatoms. The molecule has 2 aliphatic rings. The van der Waals surface area contributed by atoms with Crippen LogP contribution in [-0.4, -0.2) is 58.5 Å². The highest BCUT2D eigenvalue weighted by molar-refractivity contribution is 8.00. The number of alkyl halides is 7. The fourth-order valence-electron chi connectivity index (χ4n) is 5.76. The highest BCUT2D eigenvalue weighted by Crippen LogP contribution is 2.55. The SMILES string of the molecule is O=C(O)C1CCC(C(=O)N2CC(Sc3ccc(F)cc3)(c3ccc(C(F)(C(F)(F)F)C(F)(F)F)cc3)CC2CO)CC1. The van der Waals surface area contributed by atoms with Crippen molar-refractivity contribution in [3.63, 3.8) is 0 Å². The minimum absolute atomic E-state index is 0.0282. The predicted octanol–water partition coefficient (Wildman–Crippen LogP) is 6.59. The maximum atomic E-state index is 14.7. The van der Waals surface area contributed by atoms with Gasteiger partial charge in [-0.05, 0) is 61.9 Å². The van der Waals surface area contributed by atoms with E-state index in [9.17, 15) is 54.9 Å². The Kier molecular flexibility index (Phi) is 8.90. The standard InChI is InChI=1S/C28H27F8NO4S/c29-20-9-11-22(12-10-20)42-25(18-5-7-19(8-6-18)26(30,27(31,32)33)28(34,35)36)13-21(14-38)37(15-25)23(39)16-1-3-17(4-2-16)24(40)41/h5-12,16-17,21,38H,1-4,13-15H2,(H,40,41). The van der Waals surface area contributed by atoms with Crippen LogP contribution in [0.3, 0.4) is 0 Å². The number of likely N-dealkylation sites (tertiary alicyclic amines) is 1. The summed E-state index contributed by atoms with van der Waals surface area (Å²) in [6.45, 7) is -0.619. The van der Waals surface area contributed by atoms with E-state index in [2.05, 4.69) is 0 Å². The topological polar surface area (TPSA) is 77.8 Å². The molecule has 1 aliphatic carbocycles. The maximum Gasteiger partial charge on any atom is 0.435 e. The van der Waals surface area contributed by atoms with Gasteiger partial charge in [0, 0.05) is 22.9 Å². The number of nitrogens with zero attached hydrogens (tertiary/aromatic N) is 1. The predicted molar refractivity (Wildman–Crippen MR) is 136 cm³/mol. The quantitative estimate of drug-likeness (QED) is 0.340. The van der Waals surface area contributed by atoms with E-state index in [4.69, 9.17) is 0 Å². The Morgan fingerprint density at radius 2 is 1.38 bits per heavy atom. The Bertz CT molecular complexity index is 1260. The molecule has 1 saturated carbocycles. The van der Waals surface area contributed by atoms with Crippen LogP contribution in [-0.2, 0) is 20.0 Å². The van der Waals surface area contributed by atoms with Crippen LogP contribution in [0.1, 0.15) is 43.2 Å². The number of rotatable bonds is 7. The number of hydrogen-bond acceptors (Lipinski definition) is 4. The monoisotopic (exact) mass is 625 g/mol. The molecule has 0 radical (unpaired) electrons. The second-order valence-electron chi connectivity index (χ2n) is 10.7. The average molecular weight is 626 g/mol. The van der Waals surface area contributed by atoms with E-state index in [1.165, 1.54) is 17.0 Å². The molecule has 4 rings (SSSR count). The van der Waals surface area contributed by atoms with E-state index in [0.29, 0.717) is 29.9 Å². The van der Waals surface area contributed by atoms with Crippen LogP contribution < -0.4 is 0 Å². The van der Waals surface area contributed by atoms with Gasteiger partial charge in [-0.2, -0.15) is 26.3 Å². The molecule has 42 heavy (non-hydrogen) atoms. The number of aliphatic hydroxyl groups is 1. The zero-order chi connectivity index (χ0) is 31.1. The van der Waals surface area contributed by atoms with E-state index in [1.807, 2.05) is 0 Å². The van der Waals surface area contributed by atoms with Crippen LogP contribution in [0.5, 0.6) is 0 Å². The van der Waals surface area contributed by atoms with Crippen molar-refractivity contribution in [3.8, 4) is 0 Å². The van der Waals surface area contributed by atoms with Crippen LogP contribution in [0.2, 0.25) is 0 Å². The largest absolute Gasteiger partial charge is 0.481 e. The maximum absolute atomic E-state index is 14.7. The minimum Gasteiger partial charge on any atom is -0.481 e. The number of carboxylic acid groups (broad SMARTS) is 1. The van der Waals surface area contributed by atoms with Crippen LogP contribution in [0.25, 0.3) is 0 Å². The van der Waals surface area contributed by atoms with Gasteiger partial charge in [-0.3, -0.25) is 9.59 Å². The average Bonchev–Trinajstić information content (AvgIpc) is 3.32. The van der Waals surface area contributed by atoms with E-state index < -0.39 is 64.6 Å². The van der Waals surface area contributed by atoms with Gasteiger partial charge in [0.2, 0.25) is 5.91 Å². The molecular weight excluding hydrogens is 598 g/mol. The molecule has 0 bridgehead atoms. The molecule has 1 aliphatic heterocycles. The van der Waals surface area contributed by atoms with Crippen molar-refractivity contribution in [3.05, 3.63) is 65.5 Å². The van der Waals surface area contributed by atoms with Gasteiger partial charge in [0.25, 0.3) is 0 Å². The van der Waals surface area contributed by atoms with Crippen LogP contribution in [0, 0.1) is 17.7 Å². The number of aliphatic carboxylic acids is 1. The Morgan fingerprint density at radius 3 is 1.86 bits per heavy atom. The summed E-state index contributed by atoms with van der Waals surface area (Å²) in [4.78, 5) is 26.8. The third-order valence-corrected chi connectivity index (χ3v) is 9.50. The third kappa shape index (κ3) is 5.97. The molecule has 1 saturated heterocycles. The second kappa shape index (κ2) is 11.7. The summed E-state index contributed by atoms with van der Waals surface area (Å²) < 4.78 is 107. The van der Waals surface area contributed by atoms with Crippen molar-refractivity contribution in [2.24, 2.45) is 11.8 Å². The summed E-state index contributed by atoms with van der Waals surface area (Å²) in [5.74, 6) is -2.97. The molecule has 0 spiro atoms. The zero-order valence-electron chi connectivity index (χ0n) is 21.9. The van der Waals surface area contributed by atoms with E-state index >= 15 is 0 Å². The molecule has 2 aromatic carbocycles. The van der Waals surface area contributed by atoms with Gasteiger partial charge in [-0.1, -0.05) is 24.3 Å². The van der Waals surface area contributed by atoms with E-state index in [1.54, 1.807) is 0 Å². The number of halogens is 8. The lowest BCUT2D eigenvalue weighted by Crippen LogP contribution is -2.50. The van der Waals surface area contributed by atoms with Gasteiger partial charge < -0.3 is 15.1 Å². The molecule has 2 fully saturated rings. The van der Waals surface area contributed by atoms with Gasteiger partial charge in [-0.15, -0.1) is 11.8 Å². The molecule has 230 valence electrons. The molecular formula is C28H27F8NO4S. The normalized spacial score (nSPS) is 25.5. The van der Waals surface area contributed by atoms with Gasteiger partial charge in [0.05, 0.1) is 23.3 Å². The highest BCUT2D eigenvalue weighted by atomic mass is 32.2. The molecule has 2 N–H and O–H groups in total. The number of carbonyl (C=O) groups excluding carboxylic acids is 1. The fourth-order valence-corrected chi connectivity index (χ4v) is 7.22. The fraction of sp³-hybridized carbons (Fsp3) is 0.500. The Morgan fingerprint density at radius 1 is 0.857 bits per heavy atom. The second-order valence-corrected chi connectivity index (χ2v) is 12.1. The van der Waals surface area contributed by atoms with Crippen molar-refractivity contribution in [2.45, 2.75) is 65.8 Å². The summed E-state index contributed by atoms with van der Waals surface area (Å²) in [6, 6.07) is 7.08. The smallest absolute Gasteiger partial charge is 0.435 e. The van der Waals surface area contributed by atoms with Gasteiger partial charge in [0.1, 0.15) is 5.82 Å². The molecule has 2 atom stereocenters. The number of benzene rings is 2. The summed E-state index contributed by atoms with van der Waals surface area (Å²) in [5.41, 5.74) is -7.10. The Hall–Kier alpha value is -2.87. The summed E-state index contributed by atoms with van der Waals surface area (Å²) in [5, 5.41) is 19.4. The van der Waals surface area contributed by atoms with Gasteiger partial charge >= 0.3 is 24.0 Å².